The normalized spacial score (nSPS) is 10.9. The highest BCUT2D eigenvalue weighted by Gasteiger charge is 2.08. The van der Waals surface area contributed by atoms with Gasteiger partial charge in [-0.15, -0.1) is 5.10 Å². The number of hydrogen-bond acceptors (Lipinski definition) is 5. The Kier molecular flexibility index (Phi) is 3.59. The third-order valence-electron chi connectivity index (χ3n) is 3.12. The predicted octanol–water partition coefficient (Wildman–Crippen LogP) is -0.0119. The van der Waals surface area contributed by atoms with Crippen molar-refractivity contribution in [2.24, 2.45) is 0 Å². The van der Waals surface area contributed by atoms with Crippen molar-refractivity contribution in [1.29, 1.82) is 0 Å². The number of hydrogen-bond donors (Lipinski definition) is 1. The van der Waals surface area contributed by atoms with E-state index in [1.165, 1.54) is 6.33 Å². The molecule has 0 aliphatic carbocycles. The maximum atomic E-state index is 11.9. The Bertz CT molecular complexity index is 747. The fourth-order valence-corrected chi connectivity index (χ4v) is 2.11. The Labute approximate surface area is 120 Å². The lowest BCUT2D eigenvalue weighted by Gasteiger charge is -2.02. The third-order valence-corrected chi connectivity index (χ3v) is 3.12. The second-order valence-corrected chi connectivity index (χ2v) is 4.75. The second-order valence-electron chi connectivity index (χ2n) is 4.75. The SMILES string of the molecule is Cc1cccn2cc(CC(=O)NCCn3cnnn3)nc12. The van der Waals surface area contributed by atoms with Gasteiger partial charge in [-0.3, -0.25) is 4.79 Å². The predicted molar refractivity (Wildman–Crippen MR) is 74.5 cm³/mol. The minimum absolute atomic E-state index is 0.0656. The molecule has 8 heteroatoms. The van der Waals surface area contributed by atoms with Crippen LogP contribution in [0.1, 0.15) is 11.3 Å². The van der Waals surface area contributed by atoms with E-state index in [4.69, 9.17) is 0 Å². The Morgan fingerprint density at radius 3 is 3.10 bits per heavy atom. The molecule has 21 heavy (non-hydrogen) atoms. The van der Waals surface area contributed by atoms with Gasteiger partial charge in [-0.1, -0.05) is 6.07 Å². The standard InChI is InChI=1S/C13H15N7O/c1-10-3-2-5-19-8-11(16-13(10)19)7-12(21)14-4-6-20-9-15-17-18-20/h2-3,5,8-9H,4,6-7H2,1H3,(H,14,21). The van der Waals surface area contributed by atoms with Crippen molar-refractivity contribution in [3.63, 3.8) is 0 Å². The Hall–Kier alpha value is -2.77. The molecule has 0 saturated heterocycles. The molecule has 0 aliphatic heterocycles. The quantitative estimate of drug-likeness (QED) is 0.712. The van der Waals surface area contributed by atoms with E-state index in [1.807, 2.05) is 35.9 Å². The molecule has 3 aromatic heterocycles. The zero-order valence-electron chi connectivity index (χ0n) is 11.6. The molecule has 0 aromatic carbocycles. The van der Waals surface area contributed by atoms with Crippen LogP contribution in [0.4, 0.5) is 0 Å². The first-order valence-electron chi connectivity index (χ1n) is 6.63. The average molecular weight is 285 g/mol. The number of tetrazole rings is 1. The summed E-state index contributed by atoms with van der Waals surface area (Å²) in [5, 5.41) is 13.6. The van der Waals surface area contributed by atoms with E-state index >= 15 is 0 Å². The molecule has 1 amide bonds. The molecular formula is C13H15N7O. The molecule has 0 atom stereocenters. The van der Waals surface area contributed by atoms with Crippen molar-refractivity contribution in [2.75, 3.05) is 6.54 Å². The fourth-order valence-electron chi connectivity index (χ4n) is 2.11. The van der Waals surface area contributed by atoms with Crippen molar-refractivity contribution < 1.29 is 4.79 Å². The van der Waals surface area contributed by atoms with Crippen LogP contribution in [-0.2, 0) is 17.8 Å². The molecule has 3 rings (SSSR count). The second kappa shape index (κ2) is 5.70. The maximum absolute atomic E-state index is 11.9. The monoisotopic (exact) mass is 285 g/mol. The molecule has 0 unspecified atom stereocenters. The summed E-state index contributed by atoms with van der Waals surface area (Å²) in [6.45, 7) is 3.03. The Balaban J connectivity index is 1.57. The fraction of sp³-hybridized carbons (Fsp3) is 0.308. The number of nitrogens with zero attached hydrogens (tertiary/aromatic N) is 6. The minimum Gasteiger partial charge on any atom is -0.354 e. The van der Waals surface area contributed by atoms with Crippen molar-refractivity contribution >= 4 is 11.6 Å². The highest BCUT2D eigenvalue weighted by Crippen LogP contribution is 2.10. The molecule has 0 saturated carbocycles. The Morgan fingerprint density at radius 2 is 2.33 bits per heavy atom. The van der Waals surface area contributed by atoms with Crippen LogP contribution in [0.5, 0.6) is 0 Å². The summed E-state index contributed by atoms with van der Waals surface area (Å²) >= 11 is 0. The molecule has 0 bridgehead atoms. The van der Waals surface area contributed by atoms with E-state index in [2.05, 4.69) is 25.8 Å². The van der Waals surface area contributed by atoms with Gasteiger partial charge >= 0.3 is 0 Å². The largest absolute Gasteiger partial charge is 0.354 e. The molecule has 0 spiro atoms. The van der Waals surface area contributed by atoms with E-state index in [0.717, 1.165) is 16.9 Å². The third kappa shape index (κ3) is 3.04. The first kappa shape index (κ1) is 13.2. The number of rotatable bonds is 5. The van der Waals surface area contributed by atoms with Gasteiger partial charge in [0.2, 0.25) is 5.91 Å². The molecule has 3 aromatic rings. The number of fused-ring (bicyclic) bond motifs is 1. The van der Waals surface area contributed by atoms with E-state index in [-0.39, 0.29) is 12.3 Å². The lowest BCUT2D eigenvalue weighted by molar-refractivity contribution is -0.120. The summed E-state index contributed by atoms with van der Waals surface area (Å²) in [5.74, 6) is -0.0656. The highest BCUT2D eigenvalue weighted by atomic mass is 16.1. The number of aryl methyl sites for hydroxylation is 1. The number of carbonyl (C=O) groups excluding carboxylic acids is 1. The number of imidazole rings is 1. The Morgan fingerprint density at radius 1 is 1.43 bits per heavy atom. The van der Waals surface area contributed by atoms with Crippen LogP contribution >= 0.6 is 0 Å². The van der Waals surface area contributed by atoms with Gasteiger partial charge in [0.05, 0.1) is 18.7 Å². The van der Waals surface area contributed by atoms with Gasteiger partial charge in [0.25, 0.3) is 0 Å². The summed E-state index contributed by atoms with van der Waals surface area (Å²) in [6.07, 6.45) is 5.57. The van der Waals surface area contributed by atoms with Gasteiger partial charge in [-0.25, -0.2) is 9.67 Å². The lowest BCUT2D eigenvalue weighted by Crippen LogP contribution is -2.28. The summed E-state index contributed by atoms with van der Waals surface area (Å²) in [7, 11) is 0. The number of amides is 1. The van der Waals surface area contributed by atoms with Crippen LogP contribution in [0, 0.1) is 6.92 Å². The molecule has 0 fully saturated rings. The summed E-state index contributed by atoms with van der Waals surface area (Å²) in [5.41, 5.74) is 2.72. The smallest absolute Gasteiger partial charge is 0.226 e. The zero-order chi connectivity index (χ0) is 14.7. The molecule has 0 aliphatic rings. The van der Waals surface area contributed by atoms with Crippen molar-refractivity contribution in [3.8, 4) is 0 Å². The van der Waals surface area contributed by atoms with Crippen LogP contribution in [0.25, 0.3) is 5.65 Å². The molecule has 3 heterocycles. The van der Waals surface area contributed by atoms with Gasteiger partial charge in [0.15, 0.2) is 0 Å². The lowest BCUT2D eigenvalue weighted by atomic mass is 10.3. The van der Waals surface area contributed by atoms with Crippen LogP contribution in [0.3, 0.4) is 0 Å². The topological polar surface area (TPSA) is 90.0 Å². The van der Waals surface area contributed by atoms with E-state index in [9.17, 15) is 4.79 Å². The molecule has 0 radical (unpaired) electrons. The first-order chi connectivity index (χ1) is 10.2. The number of pyridine rings is 1. The number of nitrogens with one attached hydrogen (secondary N) is 1. The van der Waals surface area contributed by atoms with Crippen LogP contribution in [-0.4, -0.2) is 42.0 Å². The van der Waals surface area contributed by atoms with Crippen LogP contribution < -0.4 is 5.32 Å². The van der Waals surface area contributed by atoms with Gasteiger partial charge in [-0.05, 0) is 29.0 Å². The average Bonchev–Trinajstić information content (AvgIpc) is 3.08. The van der Waals surface area contributed by atoms with Gasteiger partial charge in [-0.2, -0.15) is 0 Å². The van der Waals surface area contributed by atoms with Gasteiger partial charge in [0, 0.05) is 18.9 Å². The summed E-state index contributed by atoms with van der Waals surface area (Å²) in [4.78, 5) is 16.4. The minimum atomic E-state index is -0.0656. The summed E-state index contributed by atoms with van der Waals surface area (Å²) < 4.78 is 3.49. The zero-order valence-corrected chi connectivity index (χ0v) is 11.6. The van der Waals surface area contributed by atoms with Crippen molar-refractivity contribution in [3.05, 3.63) is 42.1 Å². The van der Waals surface area contributed by atoms with Crippen molar-refractivity contribution in [2.45, 2.75) is 19.9 Å². The number of carbonyl (C=O) groups is 1. The van der Waals surface area contributed by atoms with Gasteiger partial charge in [0.1, 0.15) is 12.0 Å². The molecular weight excluding hydrogens is 270 g/mol. The maximum Gasteiger partial charge on any atom is 0.226 e. The van der Waals surface area contributed by atoms with E-state index in [1.54, 1.807) is 4.68 Å². The van der Waals surface area contributed by atoms with E-state index in [0.29, 0.717) is 13.1 Å². The van der Waals surface area contributed by atoms with Crippen LogP contribution in [0.2, 0.25) is 0 Å². The van der Waals surface area contributed by atoms with E-state index < -0.39 is 0 Å². The van der Waals surface area contributed by atoms with Gasteiger partial charge < -0.3 is 9.72 Å². The highest BCUT2D eigenvalue weighted by molar-refractivity contribution is 5.78. The molecule has 108 valence electrons. The van der Waals surface area contributed by atoms with Crippen molar-refractivity contribution in [1.82, 2.24) is 34.9 Å². The summed E-state index contributed by atoms with van der Waals surface area (Å²) in [6, 6.07) is 3.96. The first-order valence-corrected chi connectivity index (χ1v) is 6.63. The van der Waals surface area contributed by atoms with Crippen LogP contribution in [0.15, 0.2) is 30.9 Å². The molecule has 8 nitrogen and oxygen atoms in total. The molecule has 1 N–H and O–H groups in total. The number of aromatic nitrogens is 6.